The van der Waals surface area contributed by atoms with Crippen molar-refractivity contribution in [1.29, 1.82) is 0 Å². The predicted molar refractivity (Wildman–Crippen MR) is 101 cm³/mol. The molecule has 1 fully saturated rings. The Morgan fingerprint density at radius 2 is 1.89 bits per heavy atom. The summed E-state index contributed by atoms with van der Waals surface area (Å²) in [5, 5.41) is 23.1. The Morgan fingerprint density at radius 3 is 2.54 bits per heavy atom. The van der Waals surface area contributed by atoms with E-state index in [1.165, 1.54) is 12.2 Å². The van der Waals surface area contributed by atoms with Crippen molar-refractivity contribution < 1.29 is 34.0 Å². The maximum Gasteiger partial charge on any atom is 0.407 e. The highest BCUT2D eigenvalue weighted by Crippen LogP contribution is 2.25. The van der Waals surface area contributed by atoms with E-state index in [0.717, 1.165) is 5.56 Å². The number of carbonyl (C=O) groups is 1. The van der Waals surface area contributed by atoms with Crippen molar-refractivity contribution in [2.24, 2.45) is 0 Å². The van der Waals surface area contributed by atoms with Crippen LogP contribution in [0, 0.1) is 0 Å². The van der Waals surface area contributed by atoms with Crippen molar-refractivity contribution in [3.8, 4) is 0 Å². The maximum absolute atomic E-state index is 12.0. The molecule has 8 heteroatoms. The molecular formula is C20H27NO7. The highest BCUT2D eigenvalue weighted by molar-refractivity contribution is 5.67. The summed E-state index contributed by atoms with van der Waals surface area (Å²) >= 11 is 0. The number of hydrogen-bond acceptors (Lipinski definition) is 7. The smallest absolute Gasteiger partial charge is 0.407 e. The van der Waals surface area contributed by atoms with Crippen molar-refractivity contribution in [2.45, 2.75) is 37.3 Å². The van der Waals surface area contributed by atoms with Gasteiger partial charge in [-0.2, -0.15) is 0 Å². The van der Waals surface area contributed by atoms with Crippen molar-refractivity contribution in [3.63, 3.8) is 0 Å². The van der Waals surface area contributed by atoms with E-state index in [4.69, 9.17) is 18.9 Å². The number of ether oxygens (including phenoxy) is 4. The molecule has 1 aromatic carbocycles. The van der Waals surface area contributed by atoms with Gasteiger partial charge in [0.05, 0.1) is 19.8 Å². The number of nitrogens with one attached hydrogen (secondary N) is 1. The van der Waals surface area contributed by atoms with Gasteiger partial charge in [-0.25, -0.2) is 4.79 Å². The first kappa shape index (κ1) is 22.1. The minimum absolute atomic E-state index is 0.0148. The summed E-state index contributed by atoms with van der Waals surface area (Å²) in [7, 11) is 0. The molecular weight excluding hydrogens is 366 g/mol. The zero-order valence-corrected chi connectivity index (χ0v) is 15.6. The number of rotatable bonds is 10. The van der Waals surface area contributed by atoms with Gasteiger partial charge >= 0.3 is 6.09 Å². The summed E-state index contributed by atoms with van der Waals surface area (Å²) in [6.07, 6.45) is -1.78. The molecule has 0 radical (unpaired) electrons. The molecule has 0 saturated carbocycles. The quantitative estimate of drug-likeness (QED) is 0.512. The first-order valence-corrected chi connectivity index (χ1v) is 8.97. The van der Waals surface area contributed by atoms with E-state index in [9.17, 15) is 15.0 Å². The second-order valence-corrected chi connectivity index (χ2v) is 6.16. The van der Waals surface area contributed by atoms with Crippen LogP contribution in [-0.4, -0.2) is 66.8 Å². The normalized spacial score (nSPS) is 27.0. The van der Waals surface area contributed by atoms with Gasteiger partial charge in [0.15, 0.2) is 6.29 Å². The Bertz CT molecular complexity index is 624. The minimum Gasteiger partial charge on any atom is -0.445 e. The maximum atomic E-state index is 12.0. The largest absolute Gasteiger partial charge is 0.445 e. The zero-order valence-electron chi connectivity index (χ0n) is 15.6. The van der Waals surface area contributed by atoms with Gasteiger partial charge in [0.1, 0.15) is 31.0 Å². The van der Waals surface area contributed by atoms with Crippen molar-refractivity contribution in [3.05, 3.63) is 61.2 Å². The lowest BCUT2D eigenvalue weighted by Crippen LogP contribution is -2.65. The third kappa shape index (κ3) is 6.15. The van der Waals surface area contributed by atoms with E-state index in [2.05, 4.69) is 18.5 Å². The topological polar surface area (TPSA) is 106 Å². The second-order valence-electron chi connectivity index (χ2n) is 6.16. The lowest BCUT2D eigenvalue weighted by Gasteiger charge is -2.43. The van der Waals surface area contributed by atoms with Crippen LogP contribution in [-0.2, 0) is 25.6 Å². The van der Waals surface area contributed by atoms with Crippen LogP contribution in [0.3, 0.4) is 0 Å². The summed E-state index contributed by atoms with van der Waals surface area (Å²) in [5.74, 6) is 0. The van der Waals surface area contributed by atoms with Gasteiger partial charge in [0.2, 0.25) is 0 Å². The van der Waals surface area contributed by atoms with Gasteiger partial charge in [-0.15, -0.1) is 6.58 Å². The number of carbonyl (C=O) groups excluding carboxylic acids is 1. The molecule has 1 saturated heterocycles. The summed E-state index contributed by atoms with van der Waals surface area (Å²) in [6.45, 7) is 7.00. The molecule has 1 amide bonds. The highest BCUT2D eigenvalue weighted by Gasteiger charge is 2.47. The summed E-state index contributed by atoms with van der Waals surface area (Å²) in [4.78, 5) is 12.0. The van der Waals surface area contributed by atoms with E-state index in [0.29, 0.717) is 0 Å². The number of aliphatic hydroxyl groups excluding tert-OH is 2. The molecule has 0 unspecified atom stereocenters. The van der Waals surface area contributed by atoms with E-state index in [1.54, 1.807) is 0 Å². The fourth-order valence-electron chi connectivity index (χ4n) is 2.81. The van der Waals surface area contributed by atoms with Crippen molar-refractivity contribution >= 4 is 6.09 Å². The minimum atomic E-state index is -1.21. The molecule has 1 aromatic rings. The van der Waals surface area contributed by atoms with E-state index < -0.39 is 43.3 Å². The van der Waals surface area contributed by atoms with Crippen LogP contribution in [0.25, 0.3) is 0 Å². The van der Waals surface area contributed by atoms with Crippen LogP contribution in [0.5, 0.6) is 0 Å². The molecule has 28 heavy (non-hydrogen) atoms. The third-order valence-corrected chi connectivity index (χ3v) is 4.13. The van der Waals surface area contributed by atoms with Crippen LogP contribution in [0.4, 0.5) is 4.79 Å². The fourth-order valence-corrected chi connectivity index (χ4v) is 2.81. The number of aliphatic hydroxyl groups is 2. The molecule has 5 atom stereocenters. The molecule has 0 aromatic heterocycles. The van der Waals surface area contributed by atoms with Crippen LogP contribution in [0.15, 0.2) is 55.6 Å². The molecule has 3 N–H and O–H groups in total. The number of alkyl carbamates (subject to hydrolysis) is 1. The highest BCUT2D eigenvalue weighted by atomic mass is 16.7. The van der Waals surface area contributed by atoms with E-state index in [1.807, 2.05) is 30.3 Å². The Hall–Kier alpha value is -2.23. The van der Waals surface area contributed by atoms with Gasteiger partial charge in [-0.1, -0.05) is 49.1 Å². The fraction of sp³-hybridized carbons (Fsp3) is 0.450. The summed E-state index contributed by atoms with van der Waals surface area (Å²) < 4.78 is 22.0. The molecule has 1 aliphatic rings. The predicted octanol–water partition coefficient (Wildman–Crippen LogP) is 1.13. The SMILES string of the molecule is C=CCOC(=O)N[C@H]1[C@@H](OCC=C)O[C@H](CO)[C@@H](OCc2ccccc2)[C@@H]1O. The zero-order chi connectivity index (χ0) is 20.4. The van der Waals surface area contributed by atoms with E-state index >= 15 is 0 Å². The van der Waals surface area contributed by atoms with Crippen LogP contribution < -0.4 is 5.32 Å². The van der Waals surface area contributed by atoms with Crippen LogP contribution >= 0.6 is 0 Å². The molecule has 0 spiro atoms. The average molecular weight is 393 g/mol. The monoisotopic (exact) mass is 393 g/mol. The van der Waals surface area contributed by atoms with E-state index in [-0.39, 0.29) is 19.8 Å². The van der Waals surface area contributed by atoms with Gasteiger partial charge in [-0.3, -0.25) is 0 Å². The van der Waals surface area contributed by atoms with Crippen molar-refractivity contribution in [1.82, 2.24) is 5.32 Å². The Labute approximate surface area is 164 Å². The van der Waals surface area contributed by atoms with Gasteiger partial charge in [0.25, 0.3) is 0 Å². The molecule has 154 valence electrons. The second kappa shape index (κ2) is 11.6. The van der Waals surface area contributed by atoms with Gasteiger partial charge < -0.3 is 34.5 Å². The Morgan fingerprint density at radius 1 is 1.18 bits per heavy atom. The van der Waals surface area contributed by atoms with Crippen LogP contribution in [0.1, 0.15) is 5.56 Å². The summed E-state index contributed by atoms with van der Waals surface area (Å²) in [6, 6.07) is 8.41. The Kier molecular flexibility index (Phi) is 9.12. The van der Waals surface area contributed by atoms with Gasteiger partial charge in [0, 0.05) is 0 Å². The average Bonchev–Trinajstić information content (AvgIpc) is 2.72. The molecule has 2 rings (SSSR count). The Balaban J connectivity index is 2.11. The molecule has 0 bridgehead atoms. The molecule has 0 aliphatic carbocycles. The van der Waals surface area contributed by atoms with Gasteiger partial charge in [-0.05, 0) is 5.56 Å². The van der Waals surface area contributed by atoms with Crippen molar-refractivity contribution in [2.75, 3.05) is 19.8 Å². The standard InChI is InChI=1S/C20H27NO7/c1-3-10-25-19-16(21-20(24)26-11-4-2)17(23)18(15(12-22)28-19)27-13-14-8-6-5-7-9-14/h3-9,15-19,22-23H,1-2,10-13H2,(H,21,24)/t15-,16-,17-,18-,19+/m1/s1. The number of benzene rings is 1. The molecule has 8 nitrogen and oxygen atoms in total. The first-order valence-electron chi connectivity index (χ1n) is 8.97. The lowest BCUT2D eigenvalue weighted by molar-refractivity contribution is -0.276. The third-order valence-electron chi connectivity index (χ3n) is 4.13. The summed E-state index contributed by atoms with van der Waals surface area (Å²) in [5.41, 5.74) is 0.895. The molecule has 1 heterocycles. The lowest BCUT2D eigenvalue weighted by atomic mass is 9.96. The first-order chi connectivity index (χ1) is 13.6. The number of amides is 1. The molecule has 1 aliphatic heterocycles. The number of hydrogen-bond donors (Lipinski definition) is 3. The van der Waals surface area contributed by atoms with Crippen LogP contribution in [0.2, 0.25) is 0 Å².